The Hall–Kier alpha value is -1.39. The Labute approximate surface area is 88.4 Å². The van der Waals surface area contributed by atoms with Crippen LogP contribution in [0.25, 0.3) is 0 Å². The molecule has 2 heterocycles. The molecule has 15 heavy (non-hydrogen) atoms. The lowest BCUT2D eigenvalue weighted by atomic mass is 10.1. The zero-order valence-corrected chi connectivity index (χ0v) is 9.06. The largest absolute Gasteiger partial charge is 0.467 e. The lowest BCUT2D eigenvalue weighted by molar-refractivity contribution is -0.145. The molecule has 1 aromatic rings. The average molecular weight is 209 g/mol. The SMILES string of the molecule is CCc1nc2n(n1)C(C(=O)OC)CCC2. The molecule has 0 amide bonds. The quantitative estimate of drug-likeness (QED) is 0.679. The molecule has 5 nitrogen and oxygen atoms in total. The number of carbonyl (C=O) groups excluding carboxylic acids is 1. The van der Waals surface area contributed by atoms with Gasteiger partial charge in [-0.1, -0.05) is 6.92 Å². The van der Waals surface area contributed by atoms with E-state index < -0.39 is 0 Å². The summed E-state index contributed by atoms with van der Waals surface area (Å²) in [5.74, 6) is 1.50. The molecule has 0 radical (unpaired) electrons. The molecular formula is C10H15N3O2. The van der Waals surface area contributed by atoms with Gasteiger partial charge in [-0.05, 0) is 12.8 Å². The van der Waals surface area contributed by atoms with Crippen LogP contribution in [0.4, 0.5) is 0 Å². The van der Waals surface area contributed by atoms with Crippen molar-refractivity contribution in [3.63, 3.8) is 0 Å². The van der Waals surface area contributed by atoms with Gasteiger partial charge in [0, 0.05) is 12.8 Å². The van der Waals surface area contributed by atoms with Gasteiger partial charge in [-0.3, -0.25) is 0 Å². The van der Waals surface area contributed by atoms with Gasteiger partial charge < -0.3 is 4.74 Å². The first-order valence-corrected chi connectivity index (χ1v) is 5.28. The van der Waals surface area contributed by atoms with E-state index >= 15 is 0 Å². The van der Waals surface area contributed by atoms with Crippen molar-refractivity contribution >= 4 is 5.97 Å². The molecule has 1 aromatic heterocycles. The predicted molar refractivity (Wildman–Crippen MR) is 53.4 cm³/mol. The minimum Gasteiger partial charge on any atom is -0.467 e. The van der Waals surface area contributed by atoms with E-state index in [2.05, 4.69) is 10.1 Å². The van der Waals surface area contributed by atoms with Crippen molar-refractivity contribution in [2.24, 2.45) is 0 Å². The molecule has 1 aliphatic rings. The maximum absolute atomic E-state index is 11.5. The van der Waals surface area contributed by atoms with Crippen molar-refractivity contribution in [1.29, 1.82) is 0 Å². The van der Waals surface area contributed by atoms with Gasteiger partial charge in [0.05, 0.1) is 7.11 Å². The number of aromatic nitrogens is 3. The molecular weight excluding hydrogens is 194 g/mol. The Kier molecular flexibility index (Phi) is 2.70. The number of methoxy groups -OCH3 is 1. The second-order valence-corrected chi connectivity index (χ2v) is 3.67. The Morgan fingerprint density at radius 2 is 2.47 bits per heavy atom. The van der Waals surface area contributed by atoms with E-state index in [0.717, 1.165) is 37.3 Å². The lowest BCUT2D eigenvalue weighted by Crippen LogP contribution is -2.27. The van der Waals surface area contributed by atoms with Crippen LogP contribution in [0.3, 0.4) is 0 Å². The Morgan fingerprint density at radius 1 is 1.67 bits per heavy atom. The first-order chi connectivity index (χ1) is 7.26. The van der Waals surface area contributed by atoms with E-state index in [-0.39, 0.29) is 12.0 Å². The normalized spacial score (nSPS) is 19.7. The van der Waals surface area contributed by atoms with Crippen molar-refractivity contribution in [2.75, 3.05) is 7.11 Å². The molecule has 0 saturated heterocycles. The van der Waals surface area contributed by atoms with Gasteiger partial charge in [0.25, 0.3) is 0 Å². The van der Waals surface area contributed by atoms with Crippen LogP contribution < -0.4 is 0 Å². The fourth-order valence-electron chi connectivity index (χ4n) is 1.90. The summed E-state index contributed by atoms with van der Waals surface area (Å²) >= 11 is 0. The van der Waals surface area contributed by atoms with E-state index in [1.54, 1.807) is 4.68 Å². The highest BCUT2D eigenvalue weighted by atomic mass is 16.5. The Morgan fingerprint density at radius 3 is 3.13 bits per heavy atom. The number of esters is 1. The van der Waals surface area contributed by atoms with Gasteiger partial charge in [-0.25, -0.2) is 14.5 Å². The van der Waals surface area contributed by atoms with Gasteiger partial charge in [0.2, 0.25) is 0 Å². The van der Waals surface area contributed by atoms with Crippen molar-refractivity contribution in [3.05, 3.63) is 11.6 Å². The van der Waals surface area contributed by atoms with Crippen LogP contribution in [-0.2, 0) is 22.4 Å². The number of nitrogens with zero attached hydrogens (tertiary/aromatic N) is 3. The van der Waals surface area contributed by atoms with Crippen LogP contribution in [0.15, 0.2) is 0 Å². The number of fused-ring (bicyclic) bond motifs is 1. The summed E-state index contributed by atoms with van der Waals surface area (Å²) in [5.41, 5.74) is 0. The van der Waals surface area contributed by atoms with Gasteiger partial charge in [0.15, 0.2) is 11.9 Å². The fourth-order valence-corrected chi connectivity index (χ4v) is 1.90. The second kappa shape index (κ2) is 4.00. The van der Waals surface area contributed by atoms with Crippen LogP contribution in [-0.4, -0.2) is 27.8 Å². The summed E-state index contributed by atoms with van der Waals surface area (Å²) < 4.78 is 6.49. The minimum atomic E-state index is -0.272. The van der Waals surface area contributed by atoms with Crippen molar-refractivity contribution in [1.82, 2.24) is 14.8 Å². The second-order valence-electron chi connectivity index (χ2n) is 3.67. The van der Waals surface area contributed by atoms with Crippen LogP contribution in [0.5, 0.6) is 0 Å². The van der Waals surface area contributed by atoms with E-state index in [0.29, 0.717) is 0 Å². The third kappa shape index (κ3) is 1.73. The van der Waals surface area contributed by atoms with E-state index in [4.69, 9.17) is 4.74 Å². The number of hydrogen-bond donors (Lipinski definition) is 0. The molecule has 0 spiro atoms. The molecule has 1 unspecified atom stereocenters. The fraction of sp³-hybridized carbons (Fsp3) is 0.700. The molecule has 0 bridgehead atoms. The molecule has 1 aliphatic heterocycles. The number of ether oxygens (including phenoxy) is 1. The number of carbonyl (C=O) groups is 1. The molecule has 0 aromatic carbocycles. The molecule has 0 aliphatic carbocycles. The minimum absolute atomic E-state index is 0.219. The van der Waals surface area contributed by atoms with Crippen LogP contribution in [0.1, 0.15) is 37.5 Å². The summed E-state index contributed by atoms with van der Waals surface area (Å²) in [6, 6.07) is -0.272. The summed E-state index contributed by atoms with van der Waals surface area (Å²) in [5, 5.41) is 4.32. The third-order valence-corrected chi connectivity index (χ3v) is 2.71. The van der Waals surface area contributed by atoms with Crippen LogP contribution >= 0.6 is 0 Å². The van der Waals surface area contributed by atoms with Gasteiger partial charge in [0.1, 0.15) is 5.82 Å². The molecule has 0 saturated carbocycles. The topological polar surface area (TPSA) is 57.0 Å². The average Bonchev–Trinajstić information content (AvgIpc) is 2.70. The first kappa shape index (κ1) is 10.1. The predicted octanol–water partition coefficient (Wildman–Crippen LogP) is 0.891. The van der Waals surface area contributed by atoms with Crippen LogP contribution in [0.2, 0.25) is 0 Å². The summed E-state index contributed by atoms with van der Waals surface area (Å²) in [7, 11) is 1.41. The van der Waals surface area contributed by atoms with E-state index in [1.807, 2.05) is 6.92 Å². The third-order valence-electron chi connectivity index (χ3n) is 2.71. The van der Waals surface area contributed by atoms with E-state index in [9.17, 15) is 4.79 Å². The van der Waals surface area contributed by atoms with Crippen LogP contribution in [0, 0.1) is 0 Å². The lowest BCUT2D eigenvalue weighted by Gasteiger charge is -2.20. The maximum atomic E-state index is 11.5. The first-order valence-electron chi connectivity index (χ1n) is 5.28. The molecule has 1 atom stereocenters. The zero-order chi connectivity index (χ0) is 10.8. The zero-order valence-electron chi connectivity index (χ0n) is 9.06. The monoisotopic (exact) mass is 209 g/mol. The number of aryl methyl sites for hydroxylation is 2. The highest BCUT2D eigenvalue weighted by Gasteiger charge is 2.29. The van der Waals surface area contributed by atoms with Gasteiger partial charge in [-0.2, -0.15) is 5.10 Å². The smallest absolute Gasteiger partial charge is 0.330 e. The van der Waals surface area contributed by atoms with Crippen molar-refractivity contribution in [2.45, 2.75) is 38.6 Å². The summed E-state index contributed by atoms with van der Waals surface area (Å²) in [6.07, 6.45) is 3.47. The highest BCUT2D eigenvalue weighted by Crippen LogP contribution is 2.24. The van der Waals surface area contributed by atoms with Crippen molar-refractivity contribution in [3.8, 4) is 0 Å². The highest BCUT2D eigenvalue weighted by molar-refractivity contribution is 5.74. The standard InChI is InChI=1S/C10H15N3O2/c1-3-8-11-9-6-4-5-7(10(14)15-2)13(9)12-8/h7H,3-6H2,1-2H3. The van der Waals surface area contributed by atoms with Gasteiger partial charge in [-0.15, -0.1) is 0 Å². The molecule has 2 rings (SSSR count). The summed E-state index contributed by atoms with van der Waals surface area (Å²) in [4.78, 5) is 15.9. The van der Waals surface area contributed by atoms with E-state index in [1.165, 1.54) is 7.11 Å². The Balaban J connectivity index is 2.33. The Bertz CT molecular complexity index is 373. The molecule has 82 valence electrons. The van der Waals surface area contributed by atoms with Crippen molar-refractivity contribution < 1.29 is 9.53 Å². The maximum Gasteiger partial charge on any atom is 0.330 e. The molecule has 0 N–H and O–H groups in total. The number of rotatable bonds is 2. The molecule has 5 heteroatoms. The number of hydrogen-bond acceptors (Lipinski definition) is 4. The molecule has 0 fully saturated rings. The summed E-state index contributed by atoms with van der Waals surface area (Å²) in [6.45, 7) is 2.01. The van der Waals surface area contributed by atoms with Gasteiger partial charge >= 0.3 is 5.97 Å².